The van der Waals surface area contributed by atoms with Crippen LogP contribution < -0.4 is 0 Å². The molecule has 0 N–H and O–H groups in total. The summed E-state index contributed by atoms with van der Waals surface area (Å²) >= 11 is 0. The fourth-order valence-corrected chi connectivity index (χ4v) is 2.81. The predicted molar refractivity (Wildman–Crippen MR) is 142 cm³/mol. The maximum atomic E-state index is 12.6. The lowest BCUT2D eigenvalue weighted by Crippen LogP contribution is -2.21. The van der Waals surface area contributed by atoms with Crippen molar-refractivity contribution in [3.8, 4) is 0 Å². The molecule has 1 fully saturated rings. The van der Waals surface area contributed by atoms with Crippen LogP contribution in [0.25, 0.3) is 0 Å². The van der Waals surface area contributed by atoms with Crippen molar-refractivity contribution in [3.05, 3.63) is 0 Å². The van der Waals surface area contributed by atoms with Gasteiger partial charge in [0.15, 0.2) is 0 Å². The summed E-state index contributed by atoms with van der Waals surface area (Å²) < 4.78 is 25.2. The minimum absolute atomic E-state index is 0. The first-order chi connectivity index (χ1) is 12.8. The number of halogens is 2. The first kappa shape index (κ1) is 43.7. The quantitative estimate of drug-likeness (QED) is 0.313. The maximum absolute atomic E-state index is 12.6. The second kappa shape index (κ2) is 33.5. The van der Waals surface area contributed by atoms with Gasteiger partial charge in [0.2, 0.25) is 0 Å². The molecule has 1 rings (SSSR count). The van der Waals surface area contributed by atoms with E-state index in [9.17, 15) is 8.78 Å². The van der Waals surface area contributed by atoms with E-state index in [2.05, 4.69) is 41.5 Å². The van der Waals surface area contributed by atoms with Crippen molar-refractivity contribution in [1.29, 1.82) is 0 Å². The van der Waals surface area contributed by atoms with Crippen LogP contribution in [0.3, 0.4) is 0 Å². The molecule has 192 valence electrons. The second-order valence-corrected chi connectivity index (χ2v) is 8.19. The molecule has 0 spiro atoms. The topological polar surface area (TPSA) is 0 Å². The highest BCUT2D eigenvalue weighted by molar-refractivity contribution is 4.85. The monoisotopic (exact) mass is 441 g/mol. The minimum atomic E-state index is -2.38. The van der Waals surface area contributed by atoms with Crippen molar-refractivity contribution >= 4 is 0 Å². The summed E-state index contributed by atoms with van der Waals surface area (Å²) in [6.45, 7) is 16.9. The predicted octanol–water partition coefficient (Wildman–Crippen LogP) is 12.4. The Morgan fingerprint density at radius 3 is 0.867 bits per heavy atom. The summed E-state index contributed by atoms with van der Waals surface area (Å²) in [5.74, 6) is -2.57. The summed E-state index contributed by atoms with van der Waals surface area (Å²) in [6.07, 6.45) is 17.4. The van der Waals surface area contributed by atoms with Crippen molar-refractivity contribution in [3.63, 3.8) is 0 Å². The van der Waals surface area contributed by atoms with E-state index in [4.69, 9.17) is 0 Å². The van der Waals surface area contributed by atoms with Crippen LogP contribution in [-0.4, -0.2) is 5.92 Å². The van der Waals surface area contributed by atoms with E-state index in [1.165, 1.54) is 77.0 Å². The van der Waals surface area contributed by atoms with Crippen LogP contribution in [-0.2, 0) is 0 Å². The fraction of sp³-hybridized carbons (Fsp3) is 1.00. The van der Waals surface area contributed by atoms with Gasteiger partial charge in [-0.1, -0.05) is 155 Å². The van der Waals surface area contributed by atoms with Crippen LogP contribution in [0.15, 0.2) is 0 Å². The molecule has 0 aromatic heterocycles. The zero-order valence-corrected chi connectivity index (χ0v) is 20.3. The molecule has 0 nitrogen and oxygen atoms in total. The summed E-state index contributed by atoms with van der Waals surface area (Å²) in [5, 5.41) is 0. The largest absolute Gasteiger partial charge is 0.250 e. The Bertz CT molecular complexity index is 220. The van der Waals surface area contributed by atoms with Gasteiger partial charge in [-0.05, 0) is 12.3 Å². The third kappa shape index (κ3) is 32.5. The SMILES string of the molecule is C.C.C.CC1CCC(F)(F)C1C.CCCCCC.CCCCCC.CCCCCC. The fourth-order valence-electron chi connectivity index (χ4n) is 2.81. The highest BCUT2D eigenvalue weighted by Crippen LogP contribution is 2.43. The lowest BCUT2D eigenvalue weighted by Gasteiger charge is -2.16. The number of hydrogen-bond acceptors (Lipinski definition) is 0. The molecular formula is C28H66F2. The Labute approximate surface area is 194 Å². The molecule has 2 unspecified atom stereocenters. The molecule has 0 heterocycles. The molecule has 0 saturated heterocycles. The molecule has 0 aromatic rings. The molecule has 1 aliphatic rings. The molecule has 2 atom stereocenters. The molecule has 0 aliphatic heterocycles. The van der Waals surface area contributed by atoms with Gasteiger partial charge in [0.1, 0.15) is 0 Å². The summed E-state index contributed by atoms with van der Waals surface area (Å²) in [6, 6.07) is 0. The summed E-state index contributed by atoms with van der Waals surface area (Å²) in [4.78, 5) is 0. The van der Waals surface area contributed by atoms with E-state index >= 15 is 0 Å². The van der Waals surface area contributed by atoms with E-state index in [0.29, 0.717) is 6.42 Å². The van der Waals surface area contributed by atoms with Gasteiger partial charge in [-0.2, -0.15) is 0 Å². The molecule has 0 aromatic carbocycles. The third-order valence-corrected chi connectivity index (χ3v) is 5.32. The van der Waals surface area contributed by atoms with Crippen LogP contribution in [0.4, 0.5) is 8.78 Å². The van der Waals surface area contributed by atoms with Gasteiger partial charge >= 0.3 is 0 Å². The van der Waals surface area contributed by atoms with E-state index in [1.54, 1.807) is 6.92 Å². The van der Waals surface area contributed by atoms with Crippen molar-refractivity contribution in [2.75, 3.05) is 0 Å². The number of unbranched alkanes of at least 4 members (excludes halogenated alkanes) is 9. The molecule has 30 heavy (non-hydrogen) atoms. The number of rotatable bonds is 9. The molecule has 1 aliphatic carbocycles. The van der Waals surface area contributed by atoms with Crippen LogP contribution in [0, 0.1) is 11.8 Å². The average Bonchev–Trinajstić information content (AvgIpc) is 2.90. The first-order valence-electron chi connectivity index (χ1n) is 12.2. The Balaban J connectivity index is -0.0000000632. The minimum Gasteiger partial charge on any atom is -0.207 e. The van der Waals surface area contributed by atoms with Gasteiger partial charge in [-0.25, -0.2) is 8.78 Å². The normalized spacial score (nSPS) is 17.8. The number of hydrogen-bond donors (Lipinski definition) is 0. The maximum Gasteiger partial charge on any atom is 0.250 e. The van der Waals surface area contributed by atoms with E-state index in [0.717, 1.165) is 0 Å². The van der Waals surface area contributed by atoms with E-state index in [-0.39, 0.29) is 34.6 Å². The van der Waals surface area contributed by atoms with E-state index in [1.807, 2.05) is 6.92 Å². The van der Waals surface area contributed by atoms with Crippen LogP contribution >= 0.6 is 0 Å². The van der Waals surface area contributed by atoms with Gasteiger partial charge in [-0.3, -0.25) is 0 Å². The summed E-state index contributed by atoms with van der Waals surface area (Å²) in [7, 11) is 0. The van der Waals surface area contributed by atoms with Gasteiger partial charge in [0, 0.05) is 12.3 Å². The summed E-state index contributed by atoms with van der Waals surface area (Å²) in [5.41, 5.74) is 0. The highest BCUT2D eigenvalue weighted by Gasteiger charge is 2.44. The second-order valence-electron chi connectivity index (χ2n) is 8.19. The van der Waals surface area contributed by atoms with Gasteiger partial charge in [0.25, 0.3) is 5.92 Å². The standard InChI is InChI=1S/C7H12F2.3C6H14.3CH4/c1-5-3-4-7(8,9)6(5)2;3*1-3-5-6-4-2;;;/h5-6H,3-4H2,1-2H3;3*3-6H2,1-2H3;3*1H4. The Morgan fingerprint density at radius 2 is 0.800 bits per heavy atom. The lowest BCUT2D eigenvalue weighted by molar-refractivity contribution is -0.0371. The van der Waals surface area contributed by atoms with Crippen molar-refractivity contribution in [2.24, 2.45) is 11.8 Å². The van der Waals surface area contributed by atoms with E-state index < -0.39 is 11.8 Å². The smallest absolute Gasteiger partial charge is 0.207 e. The van der Waals surface area contributed by atoms with Crippen molar-refractivity contribution < 1.29 is 8.78 Å². The Kier molecular flexibility index (Phi) is 48.8. The third-order valence-electron chi connectivity index (χ3n) is 5.32. The van der Waals surface area contributed by atoms with Crippen LogP contribution in [0.1, 0.15) is 168 Å². The van der Waals surface area contributed by atoms with Crippen LogP contribution in [0.2, 0.25) is 0 Å². The number of alkyl halides is 2. The van der Waals surface area contributed by atoms with Gasteiger partial charge in [0.05, 0.1) is 0 Å². The zero-order chi connectivity index (χ0) is 21.6. The highest BCUT2D eigenvalue weighted by atomic mass is 19.3. The zero-order valence-electron chi connectivity index (χ0n) is 20.3. The Hall–Kier alpha value is -0.140. The van der Waals surface area contributed by atoms with Crippen molar-refractivity contribution in [2.45, 2.75) is 173 Å². The molecule has 2 heteroatoms. The van der Waals surface area contributed by atoms with Crippen molar-refractivity contribution in [1.82, 2.24) is 0 Å². The molecule has 1 saturated carbocycles. The van der Waals surface area contributed by atoms with Crippen LogP contribution in [0.5, 0.6) is 0 Å². The molecular weight excluding hydrogens is 374 g/mol. The molecule has 0 radical (unpaired) electrons. The van der Waals surface area contributed by atoms with Gasteiger partial charge in [-0.15, -0.1) is 0 Å². The first-order valence-corrected chi connectivity index (χ1v) is 12.2. The Morgan fingerprint density at radius 1 is 0.567 bits per heavy atom. The molecule has 0 bridgehead atoms. The average molecular weight is 441 g/mol. The molecule has 0 amide bonds. The lowest BCUT2D eigenvalue weighted by atomic mass is 9.99. The van der Waals surface area contributed by atoms with Gasteiger partial charge < -0.3 is 0 Å².